The highest BCUT2D eigenvalue weighted by molar-refractivity contribution is 9.10. The van der Waals surface area contributed by atoms with Crippen LogP contribution in [0.4, 0.5) is 5.69 Å². The fourth-order valence-corrected chi connectivity index (χ4v) is 3.87. The summed E-state index contributed by atoms with van der Waals surface area (Å²) in [4.78, 5) is 12.2. The van der Waals surface area contributed by atoms with Gasteiger partial charge in [0, 0.05) is 34.6 Å². The molecule has 28 heavy (non-hydrogen) atoms. The number of amides is 1. The first-order valence-corrected chi connectivity index (χ1v) is 10.5. The van der Waals surface area contributed by atoms with Gasteiger partial charge in [-0.1, -0.05) is 40.2 Å². The summed E-state index contributed by atoms with van der Waals surface area (Å²) in [6.07, 6.45) is 5.60. The molecule has 1 aliphatic rings. The predicted molar refractivity (Wildman–Crippen MR) is 118 cm³/mol. The van der Waals surface area contributed by atoms with Crippen molar-refractivity contribution in [2.75, 3.05) is 32.6 Å². The number of benzene rings is 2. The third-order valence-electron chi connectivity index (χ3n) is 5.29. The lowest BCUT2D eigenvalue weighted by Crippen LogP contribution is -2.50. The molecule has 0 aromatic heterocycles. The Hall–Kier alpha value is -1.95. The molecular formula is C23H28BrN2O2+. The van der Waals surface area contributed by atoms with Crippen molar-refractivity contribution >= 4 is 33.6 Å². The Morgan fingerprint density at radius 2 is 1.75 bits per heavy atom. The largest absolute Gasteiger partial charge is 0.381 e. The molecule has 0 spiro atoms. The van der Waals surface area contributed by atoms with E-state index in [1.807, 2.05) is 42.5 Å². The van der Waals surface area contributed by atoms with E-state index in [-0.39, 0.29) is 5.91 Å². The molecule has 0 aliphatic carbocycles. The van der Waals surface area contributed by atoms with E-state index < -0.39 is 0 Å². The number of quaternary nitrogens is 1. The minimum absolute atomic E-state index is 0.131. The Bertz CT molecular complexity index is 808. The van der Waals surface area contributed by atoms with Crippen molar-refractivity contribution in [3.8, 4) is 0 Å². The topological polar surface area (TPSA) is 38.3 Å². The Balaban J connectivity index is 1.54. The van der Waals surface area contributed by atoms with Gasteiger partial charge in [-0.2, -0.15) is 0 Å². The zero-order valence-corrected chi connectivity index (χ0v) is 18.1. The number of halogens is 1. The normalized spacial score (nSPS) is 15.7. The van der Waals surface area contributed by atoms with Gasteiger partial charge in [0.15, 0.2) is 0 Å². The molecule has 1 saturated heterocycles. The third kappa shape index (κ3) is 6.03. The Morgan fingerprint density at radius 3 is 2.39 bits per heavy atom. The molecule has 1 heterocycles. The first kappa shape index (κ1) is 20.8. The van der Waals surface area contributed by atoms with Crippen molar-refractivity contribution in [2.24, 2.45) is 0 Å². The number of carbonyl (C=O) groups excluding carboxylic acids is 1. The Kier molecular flexibility index (Phi) is 7.05. The number of rotatable bonds is 6. The maximum atomic E-state index is 12.2. The number of nitrogens with zero attached hydrogens (tertiary/aromatic N) is 1. The number of ether oxygens (including phenoxy) is 1. The molecule has 0 atom stereocenters. The lowest BCUT2D eigenvalue weighted by atomic mass is 10.0. The molecule has 3 rings (SSSR count). The summed E-state index contributed by atoms with van der Waals surface area (Å²) in [5.74, 6) is -0.131. The maximum absolute atomic E-state index is 12.2. The predicted octanol–water partition coefficient (Wildman–Crippen LogP) is 4.86. The SMILES string of the molecule is C[N+](C)(Cc1ccc(NC(=O)/C=C/c2ccc(Br)cc2)cc1)C1CCOCC1. The van der Waals surface area contributed by atoms with Gasteiger partial charge in [-0.25, -0.2) is 0 Å². The van der Waals surface area contributed by atoms with E-state index in [0.29, 0.717) is 6.04 Å². The molecule has 5 heteroatoms. The van der Waals surface area contributed by atoms with Crippen LogP contribution < -0.4 is 5.32 Å². The van der Waals surface area contributed by atoms with Crippen LogP contribution >= 0.6 is 15.9 Å². The molecule has 148 valence electrons. The van der Waals surface area contributed by atoms with Crippen LogP contribution in [0.1, 0.15) is 24.0 Å². The van der Waals surface area contributed by atoms with Gasteiger partial charge >= 0.3 is 0 Å². The smallest absolute Gasteiger partial charge is 0.248 e. The number of anilines is 1. The van der Waals surface area contributed by atoms with E-state index in [9.17, 15) is 4.79 Å². The van der Waals surface area contributed by atoms with Crippen LogP contribution in [0.15, 0.2) is 59.1 Å². The standard InChI is InChI=1S/C23H27BrN2O2/c1-26(2,22-13-15-28-16-14-22)17-19-5-10-21(11-6-19)25-23(27)12-7-18-3-8-20(24)9-4-18/h3-12,22H,13-17H2,1-2H3/p+1/b12-7+. The second kappa shape index (κ2) is 9.50. The van der Waals surface area contributed by atoms with Gasteiger partial charge in [-0.05, 0) is 35.9 Å². The first-order valence-electron chi connectivity index (χ1n) is 9.66. The molecule has 0 unspecified atom stereocenters. The van der Waals surface area contributed by atoms with E-state index in [1.165, 1.54) is 5.56 Å². The van der Waals surface area contributed by atoms with Gasteiger partial charge in [0.05, 0.1) is 33.4 Å². The molecule has 1 aliphatic heterocycles. The van der Waals surface area contributed by atoms with Crippen LogP contribution in [0.2, 0.25) is 0 Å². The highest BCUT2D eigenvalue weighted by Crippen LogP contribution is 2.23. The Morgan fingerprint density at radius 1 is 1.11 bits per heavy atom. The maximum Gasteiger partial charge on any atom is 0.248 e. The molecule has 2 aromatic rings. The zero-order valence-electron chi connectivity index (χ0n) is 16.5. The molecule has 0 radical (unpaired) electrons. The summed E-state index contributed by atoms with van der Waals surface area (Å²) in [6.45, 7) is 2.71. The number of carbonyl (C=O) groups is 1. The second-order valence-electron chi connectivity index (χ2n) is 7.85. The molecule has 1 fully saturated rings. The summed E-state index contributed by atoms with van der Waals surface area (Å²) in [7, 11) is 4.58. The summed E-state index contributed by atoms with van der Waals surface area (Å²) in [6, 6.07) is 16.6. The zero-order chi connectivity index (χ0) is 20.0. The number of nitrogens with one attached hydrogen (secondary N) is 1. The molecule has 0 saturated carbocycles. The minimum atomic E-state index is -0.131. The van der Waals surface area contributed by atoms with Gasteiger partial charge in [0.25, 0.3) is 0 Å². The van der Waals surface area contributed by atoms with Crippen molar-refractivity contribution in [1.29, 1.82) is 0 Å². The van der Waals surface area contributed by atoms with Gasteiger partial charge in [0.1, 0.15) is 6.54 Å². The molecule has 4 nitrogen and oxygen atoms in total. The van der Waals surface area contributed by atoms with Crippen LogP contribution in [-0.4, -0.2) is 43.7 Å². The summed E-state index contributed by atoms with van der Waals surface area (Å²) >= 11 is 3.41. The highest BCUT2D eigenvalue weighted by Gasteiger charge is 2.30. The second-order valence-corrected chi connectivity index (χ2v) is 8.77. The van der Waals surface area contributed by atoms with Crippen molar-refractivity contribution < 1.29 is 14.0 Å². The fourth-order valence-electron chi connectivity index (χ4n) is 3.61. The number of hydrogen-bond donors (Lipinski definition) is 1. The van der Waals surface area contributed by atoms with Crippen LogP contribution in [0.3, 0.4) is 0 Å². The van der Waals surface area contributed by atoms with Crippen LogP contribution in [0.5, 0.6) is 0 Å². The van der Waals surface area contributed by atoms with Gasteiger partial charge in [-0.15, -0.1) is 0 Å². The average molecular weight is 444 g/mol. The molecule has 0 bridgehead atoms. The van der Waals surface area contributed by atoms with Crippen LogP contribution in [0, 0.1) is 0 Å². The quantitative estimate of drug-likeness (QED) is 0.511. The van der Waals surface area contributed by atoms with Crippen molar-refractivity contribution in [3.05, 3.63) is 70.2 Å². The Labute approximate surface area is 175 Å². The first-order chi connectivity index (χ1) is 13.4. The van der Waals surface area contributed by atoms with E-state index in [0.717, 1.165) is 52.8 Å². The summed E-state index contributed by atoms with van der Waals surface area (Å²) < 4.78 is 7.48. The molecule has 1 N–H and O–H groups in total. The van der Waals surface area contributed by atoms with Gasteiger partial charge < -0.3 is 14.5 Å². The van der Waals surface area contributed by atoms with E-state index in [4.69, 9.17) is 4.74 Å². The lowest BCUT2D eigenvalue weighted by Gasteiger charge is -2.40. The average Bonchev–Trinajstić information content (AvgIpc) is 2.69. The van der Waals surface area contributed by atoms with Crippen molar-refractivity contribution in [1.82, 2.24) is 0 Å². The van der Waals surface area contributed by atoms with Gasteiger partial charge in [-0.3, -0.25) is 4.79 Å². The highest BCUT2D eigenvalue weighted by atomic mass is 79.9. The van der Waals surface area contributed by atoms with E-state index in [2.05, 4.69) is 47.5 Å². The molecular weight excluding hydrogens is 416 g/mol. The lowest BCUT2D eigenvalue weighted by molar-refractivity contribution is -0.929. The summed E-state index contributed by atoms with van der Waals surface area (Å²) in [5.41, 5.74) is 3.08. The molecule has 2 aromatic carbocycles. The monoisotopic (exact) mass is 443 g/mol. The fraction of sp³-hybridized carbons (Fsp3) is 0.348. The van der Waals surface area contributed by atoms with Crippen LogP contribution in [-0.2, 0) is 16.1 Å². The third-order valence-corrected chi connectivity index (χ3v) is 5.82. The molecule has 1 amide bonds. The van der Waals surface area contributed by atoms with Gasteiger partial charge in [0.2, 0.25) is 5.91 Å². The van der Waals surface area contributed by atoms with Crippen molar-refractivity contribution in [3.63, 3.8) is 0 Å². The summed E-state index contributed by atoms with van der Waals surface area (Å²) in [5, 5.41) is 2.92. The van der Waals surface area contributed by atoms with Crippen LogP contribution in [0.25, 0.3) is 6.08 Å². The number of hydrogen-bond acceptors (Lipinski definition) is 2. The van der Waals surface area contributed by atoms with E-state index >= 15 is 0 Å². The minimum Gasteiger partial charge on any atom is -0.381 e. The van der Waals surface area contributed by atoms with Crippen molar-refractivity contribution in [2.45, 2.75) is 25.4 Å². The van der Waals surface area contributed by atoms with E-state index in [1.54, 1.807) is 6.08 Å².